The molecule has 22 heavy (non-hydrogen) atoms. The number of hydrogen-bond donors (Lipinski definition) is 1. The molecule has 1 aromatic carbocycles. The third-order valence-corrected chi connectivity index (χ3v) is 3.42. The number of esters is 1. The van der Waals surface area contributed by atoms with Crippen LogP contribution in [0.3, 0.4) is 0 Å². The van der Waals surface area contributed by atoms with E-state index < -0.39 is 12.1 Å². The minimum absolute atomic E-state index is 0.245. The highest BCUT2D eigenvalue weighted by Crippen LogP contribution is 2.19. The van der Waals surface area contributed by atoms with Gasteiger partial charge < -0.3 is 10.1 Å². The van der Waals surface area contributed by atoms with E-state index in [1.807, 2.05) is 30.3 Å². The Morgan fingerprint density at radius 3 is 2.73 bits per heavy atom. The van der Waals surface area contributed by atoms with Crippen LogP contribution in [0, 0.1) is 0 Å². The van der Waals surface area contributed by atoms with Gasteiger partial charge in [0.2, 0.25) is 0 Å². The third-order valence-electron chi connectivity index (χ3n) is 3.42. The summed E-state index contributed by atoms with van der Waals surface area (Å²) in [5.74, 6) is -0.813. The van der Waals surface area contributed by atoms with Crippen molar-refractivity contribution in [3.05, 3.63) is 48.3 Å². The van der Waals surface area contributed by atoms with Crippen molar-refractivity contribution in [2.24, 2.45) is 0 Å². The molecule has 114 valence electrons. The Morgan fingerprint density at radius 2 is 2.05 bits per heavy atom. The van der Waals surface area contributed by atoms with Crippen LogP contribution in [0.5, 0.6) is 0 Å². The maximum Gasteiger partial charge on any atom is 0.342 e. The van der Waals surface area contributed by atoms with Gasteiger partial charge in [0.05, 0.1) is 17.4 Å². The summed E-state index contributed by atoms with van der Waals surface area (Å²) < 4.78 is 6.76. The molecule has 1 saturated carbocycles. The highest BCUT2D eigenvalue weighted by atomic mass is 16.5. The fraction of sp³-hybridized carbons (Fsp3) is 0.312. The lowest BCUT2D eigenvalue weighted by atomic mass is 10.3. The van der Waals surface area contributed by atoms with Gasteiger partial charge in [-0.25, -0.2) is 9.48 Å². The van der Waals surface area contributed by atoms with Gasteiger partial charge in [-0.3, -0.25) is 4.79 Å². The number of hydrogen-bond acceptors (Lipinski definition) is 4. The fourth-order valence-corrected chi connectivity index (χ4v) is 1.98. The standard InChI is InChI=1S/C16H17N3O3/c1-11(15(20)18-13-7-8-13)22-16(21)12-9-17-19(10-12)14-5-3-2-4-6-14/h2-6,9-11,13H,7-8H2,1H3,(H,18,20)/t11-/m1/s1. The van der Waals surface area contributed by atoms with Crippen molar-refractivity contribution in [1.29, 1.82) is 0 Å². The molecule has 6 heteroatoms. The lowest BCUT2D eigenvalue weighted by Crippen LogP contribution is -2.37. The van der Waals surface area contributed by atoms with Gasteiger partial charge in [-0.05, 0) is 31.9 Å². The molecule has 0 aliphatic heterocycles. The van der Waals surface area contributed by atoms with Crippen molar-refractivity contribution in [3.8, 4) is 5.69 Å². The molecule has 1 atom stereocenters. The molecule has 0 bridgehead atoms. The molecule has 1 aromatic heterocycles. The summed E-state index contributed by atoms with van der Waals surface area (Å²) in [4.78, 5) is 23.8. The van der Waals surface area contributed by atoms with E-state index in [0.717, 1.165) is 18.5 Å². The first-order chi connectivity index (χ1) is 10.6. The van der Waals surface area contributed by atoms with Crippen molar-refractivity contribution in [1.82, 2.24) is 15.1 Å². The highest BCUT2D eigenvalue weighted by molar-refractivity contribution is 5.91. The van der Waals surface area contributed by atoms with E-state index in [9.17, 15) is 9.59 Å². The van der Waals surface area contributed by atoms with Crippen LogP contribution in [0.25, 0.3) is 5.69 Å². The van der Waals surface area contributed by atoms with Crippen LogP contribution < -0.4 is 5.32 Å². The van der Waals surface area contributed by atoms with Gasteiger partial charge in [-0.15, -0.1) is 0 Å². The lowest BCUT2D eigenvalue weighted by molar-refractivity contribution is -0.129. The second kappa shape index (κ2) is 6.01. The molecule has 1 amide bonds. The maximum absolute atomic E-state index is 12.1. The minimum Gasteiger partial charge on any atom is -0.449 e. The number of nitrogens with one attached hydrogen (secondary N) is 1. The Morgan fingerprint density at radius 1 is 1.32 bits per heavy atom. The largest absolute Gasteiger partial charge is 0.449 e. The molecule has 1 heterocycles. The van der Waals surface area contributed by atoms with Crippen molar-refractivity contribution in [2.75, 3.05) is 0 Å². The molecular formula is C16H17N3O3. The number of para-hydroxylation sites is 1. The molecule has 0 saturated heterocycles. The molecule has 0 unspecified atom stereocenters. The van der Waals surface area contributed by atoms with Crippen LogP contribution in [-0.4, -0.2) is 33.8 Å². The Labute approximate surface area is 128 Å². The average Bonchev–Trinajstić information content (AvgIpc) is 3.19. The van der Waals surface area contributed by atoms with E-state index in [1.54, 1.807) is 17.8 Å². The molecule has 3 rings (SSSR count). The number of rotatable bonds is 5. The van der Waals surface area contributed by atoms with E-state index in [2.05, 4.69) is 10.4 Å². The second-order valence-electron chi connectivity index (χ2n) is 5.34. The lowest BCUT2D eigenvalue weighted by Gasteiger charge is -2.12. The van der Waals surface area contributed by atoms with Gasteiger partial charge in [-0.2, -0.15) is 5.10 Å². The van der Waals surface area contributed by atoms with Crippen molar-refractivity contribution >= 4 is 11.9 Å². The fourth-order valence-electron chi connectivity index (χ4n) is 1.98. The van der Waals surface area contributed by atoms with Crippen molar-refractivity contribution in [3.63, 3.8) is 0 Å². The molecule has 1 N–H and O–H groups in total. The van der Waals surface area contributed by atoms with Crippen LogP contribution >= 0.6 is 0 Å². The van der Waals surface area contributed by atoms with Gasteiger partial charge in [0.1, 0.15) is 0 Å². The van der Waals surface area contributed by atoms with Crippen molar-refractivity contribution in [2.45, 2.75) is 31.9 Å². The first kappa shape index (κ1) is 14.3. The van der Waals surface area contributed by atoms with Crippen LogP contribution in [-0.2, 0) is 9.53 Å². The maximum atomic E-state index is 12.1. The normalized spacial score (nSPS) is 15.1. The zero-order valence-electron chi connectivity index (χ0n) is 12.2. The molecule has 0 radical (unpaired) electrons. The molecule has 1 aliphatic carbocycles. The summed E-state index contributed by atoms with van der Waals surface area (Å²) in [6.45, 7) is 1.57. The van der Waals surface area contributed by atoms with Gasteiger partial charge in [0, 0.05) is 12.2 Å². The van der Waals surface area contributed by atoms with Gasteiger partial charge >= 0.3 is 5.97 Å². The van der Waals surface area contributed by atoms with Gasteiger partial charge in [-0.1, -0.05) is 18.2 Å². The molecular weight excluding hydrogens is 282 g/mol. The highest BCUT2D eigenvalue weighted by Gasteiger charge is 2.27. The molecule has 1 fully saturated rings. The number of carbonyl (C=O) groups excluding carboxylic acids is 2. The predicted octanol–water partition coefficient (Wildman–Crippen LogP) is 1.70. The number of ether oxygens (including phenoxy) is 1. The monoisotopic (exact) mass is 299 g/mol. The Kier molecular flexibility index (Phi) is 3.91. The number of nitrogens with zero attached hydrogens (tertiary/aromatic N) is 2. The van der Waals surface area contributed by atoms with Crippen LogP contribution in [0.1, 0.15) is 30.1 Å². The summed E-state index contributed by atoms with van der Waals surface area (Å²) in [6.07, 6.45) is 4.20. The summed E-state index contributed by atoms with van der Waals surface area (Å²) in [6, 6.07) is 9.69. The molecule has 6 nitrogen and oxygen atoms in total. The third kappa shape index (κ3) is 3.33. The van der Waals surface area contributed by atoms with Crippen molar-refractivity contribution < 1.29 is 14.3 Å². The van der Waals surface area contributed by atoms with E-state index in [1.165, 1.54) is 6.20 Å². The SMILES string of the molecule is C[C@@H](OC(=O)c1cnn(-c2ccccc2)c1)C(=O)NC1CC1. The number of carbonyl (C=O) groups is 2. The Bertz CT molecular complexity index is 677. The first-order valence-corrected chi connectivity index (χ1v) is 7.25. The average molecular weight is 299 g/mol. The Balaban J connectivity index is 1.62. The van der Waals surface area contributed by atoms with Crippen LogP contribution in [0.15, 0.2) is 42.7 Å². The summed E-state index contributed by atoms with van der Waals surface area (Å²) >= 11 is 0. The van der Waals surface area contributed by atoms with Crippen LogP contribution in [0.2, 0.25) is 0 Å². The zero-order chi connectivity index (χ0) is 15.5. The topological polar surface area (TPSA) is 73.2 Å². The quantitative estimate of drug-likeness (QED) is 0.853. The molecule has 1 aliphatic rings. The van der Waals surface area contributed by atoms with E-state index in [0.29, 0.717) is 5.56 Å². The number of amides is 1. The summed E-state index contributed by atoms with van der Waals surface area (Å²) in [5, 5.41) is 6.94. The number of aromatic nitrogens is 2. The first-order valence-electron chi connectivity index (χ1n) is 7.25. The predicted molar refractivity (Wildman–Crippen MR) is 79.6 cm³/mol. The Hall–Kier alpha value is -2.63. The summed E-state index contributed by atoms with van der Waals surface area (Å²) in [5.41, 5.74) is 1.16. The second-order valence-corrected chi connectivity index (χ2v) is 5.34. The zero-order valence-corrected chi connectivity index (χ0v) is 12.2. The smallest absolute Gasteiger partial charge is 0.342 e. The van der Waals surface area contributed by atoms with E-state index in [-0.39, 0.29) is 11.9 Å². The number of benzene rings is 1. The minimum atomic E-state index is -0.812. The summed E-state index contributed by atoms with van der Waals surface area (Å²) in [7, 11) is 0. The van der Waals surface area contributed by atoms with E-state index >= 15 is 0 Å². The van der Waals surface area contributed by atoms with Gasteiger partial charge in [0.25, 0.3) is 5.91 Å². The van der Waals surface area contributed by atoms with Gasteiger partial charge in [0.15, 0.2) is 6.10 Å². The molecule has 0 spiro atoms. The van der Waals surface area contributed by atoms with E-state index in [4.69, 9.17) is 4.74 Å². The van der Waals surface area contributed by atoms with Crippen LogP contribution in [0.4, 0.5) is 0 Å². The molecule has 2 aromatic rings.